The number of carbonyl (C=O) groups is 1. The van der Waals surface area contributed by atoms with Crippen molar-refractivity contribution < 1.29 is 10.1 Å². The molecule has 1 atom stereocenters. The largest absolute Gasteiger partial charge is 0.333 e. The molecule has 0 unspecified atom stereocenters. The van der Waals surface area contributed by atoms with E-state index in [2.05, 4.69) is 65.4 Å². The second-order valence-corrected chi connectivity index (χ2v) is 8.35. The second-order valence-electron chi connectivity index (χ2n) is 7.37. The number of hydrogen-bond acceptors (Lipinski definition) is 3. The van der Waals surface area contributed by atoms with Crippen LogP contribution in [0.25, 0.3) is 0 Å². The number of quaternary nitrogens is 1. The first kappa shape index (κ1) is 19.6. The number of benzene rings is 1. The minimum absolute atomic E-state index is 0.0531. The summed E-state index contributed by atoms with van der Waals surface area (Å²) in [4.78, 5) is 13.8. The molecule has 1 amide bonds. The molecule has 3 rings (SSSR count). The van der Waals surface area contributed by atoms with Crippen molar-refractivity contribution in [3.8, 4) is 6.07 Å². The van der Waals surface area contributed by atoms with E-state index in [1.165, 1.54) is 16.0 Å². The Morgan fingerprint density at radius 2 is 2.04 bits per heavy atom. The SMILES string of the molecule is CCCc1ccc([C@H]([NH2+]CC(=O)NC2(C#N)CCCC2)c2cccs2)cc1. The van der Waals surface area contributed by atoms with Crippen LogP contribution in [0, 0.1) is 11.3 Å². The molecule has 142 valence electrons. The van der Waals surface area contributed by atoms with Crippen LogP contribution in [0.1, 0.15) is 61.1 Å². The summed E-state index contributed by atoms with van der Waals surface area (Å²) < 4.78 is 0. The van der Waals surface area contributed by atoms with Crippen molar-refractivity contribution in [2.45, 2.75) is 57.0 Å². The van der Waals surface area contributed by atoms with Crippen LogP contribution in [0.15, 0.2) is 41.8 Å². The Kier molecular flexibility index (Phi) is 6.65. The predicted molar refractivity (Wildman–Crippen MR) is 108 cm³/mol. The smallest absolute Gasteiger partial charge is 0.276 e. The Labute approximate surface area is 165 Å². The number of nitrogens with two attached hydrogens (primary N) is 1. The van der Waals surface area contributed by atoms with Gasteiger partial charge in [0.25, 0.3) is 5.91 Å². The summed E-state index contributed by atoms with van der Waals surface area (Å²) in [5, 5.41) is 16.6. The van der Waals surface area contributed by atoms with Gasteiger partial charge in [-0.3, -0.25) is 4.79 Å². The highest BCUT2D eigenvalue weighted by atomic mass is 32.1. The fraction of sp³-hybridized carbons (Fsp3) is 0.455. The zero-order chi connectivity index (χ0) is 19.1. The van der Waals surface area contributed by atoms with Gasteiger partial charge in [0.2, 0.25) is 0 Å². The number of nitriles is 1. The first-order chi connectivity index (χ1) is 13.2. The van der Waals surface area contributed by atoms with Crippen LogP contribution < -0.4 is 10.6 Å². The van der Waals surface area contributed by atoms with E-state index in [4.69, 9.17) is 0 Å². The van der Waals surface area contributed by atoms with Crippen LogP contribution in [-0.2, 0) is 11.2 Å². The van der Waals surface area contributed by atoms with Crippen LogP contribution in [0.3, 0.4) is 0 Å². The Morgan fingerprint density at radius 1 is 1.30 bits per heavy atom. The Hall–Kier alpha value is -2.16. The van der Waals surface area contributed by atoms with Crippen LogP contribution >= 0.6 is 11.3 Å². The average Bonchev–Trinajstić information content (AvgIpc) is 3.36. The number of nitrogens with one attached hydrogen (secondary N) is 1. The number of hydrogen-bond donors (Lipinski definition) is 2. The molecule has 1 aliphatic rings. The summed E-state index contributed by atoms with van der Waals surface area (Å²) in [5.41, 5.74) is 1.91. The van der Waals surface area contributed by atoms with Gasteiger partial charge in [-0.15, -0.1) is 11.3 Å². The summed E-state index contributed by atoms with van der Waals surface area (Å²) >= 11 is 1.71. The molecule has 0 bridgehead atoms. The van der Waals surface area contributed by atoms with Crippen LogP contribution in [-0.4, -0.2) is 18.0 Å². The van der Waals surface area contributed by atoms with Crippen molar-refractivity contribution >= 4 is 17.2 Å². The zero-order valence-corrected chi connectivity index (χ0v) is 16.7. The molecular formula is C22H28N3OS+. The van der Waals surface area contributed by atoms with Crippen molar-refractivity contribution in [3.05, 3.63) is 57.8 Å². The zero-order valence-electron chi connectivity index (χ0n) is 15.9. The lowest BCUT2D eigenvalue weighted by Crippen LogP contribution is -2.88. The molecule has 0 radical (unpaired) electrons. The number of amides is 1. The lowest BCUT2D eigenvalue weighted by Gasteiger charge is -2.22. The van der Waals surface area contributed by atoms with E-state index < -0.39 is 5.54 Å². The van der Waals surface area contributed by atoms with Gasteiger partial charge in [-0.1, -0.05) is 43.7 Å². The fourth-order valence-corrected chi connectivity index (χ4v) is 4.70. The molecule has 1 saturated carbocycles. The molecule has 0 saturated heterocycles. The molecule has 1 fully saturated rings. The van der Waals surface area contributed by atoms with E-state index >= 15 is 0 Å². The molecule has 3 N–H and O–H groups in total. The fourth-order valence-electron chi connectivity index (χ4n) is 3.85. The van der Waals surface area contributed by atoms with Crippen molar-refractivity contribution in [1.82, 2.24) is 5.32 Å². The van der Waals surface area contributed by atoms with Gasteiger partial charge in [0.1, 0.15) is 11.6 Å². The maximum atomic E-state index is 12.5. The highest BCUT2D eigenvalue weighted by Gasteiger charge is 2.35. The predicted octanol–water partition coefficient (Wildman–Crippen LogP) is 3.31. The van der Waals surface area contributed by atoms with Gasteiger partial charge < -0.3 is 10.6 Å². The first-order valence-corrected chi connectivity index (χ1v) is 10.7. The van der Waals surface area contributed by atoms with Gasteiger partial charge in [-0.2, -0.15) is 5.26 Å². The molecule has 1 heterocycles. The first-order valence-electron chi connectivity index (χ1n) is 9.83. The average molecular weight is 383 g/mol. The maximum absolute atomic E-state index is 12.5. The number of carbonyl (C=O) groups excluding carboxylic acids is 1. The number of thiophene rings is 1. The quantitative estimate of drug-likeness (QED) is 0.735. The molecular weight excluding hydrogens is 354 g/mol. The highest BCUT2D eigenvalue weighted by molar-refractivity contribution is 7.10. The summed E-state index contributed by atoms with van der Waals surface area (Å²) in [6.45, 7) is 2.51. The van der Waals surface area contributed by atoms with E-state index in [1.807, 2.05) is 0 Å². The normalized spacial score (nSPS) is 16.6. The molecule has 4 nitrogen and oxygen atoms in total. The van der Waals surface area contributed by atoms with E-state index in [0.717, 1.165) is 38.5 Å². The van der Waals surface area contributed by atoms with Gasteiger partial charge >= 0.3 is 0 Å². The van der Waals surface area contributed by atoms with Gasteiger partial charge in [-0.25, -0.2) is 0 Å². The summed E-state index contributed by atoms with van der Waals surface area (Å²) in [6.07, 6.45) is 5.79. The lowest BCUT2D eigenvalue weighted by molar-refractivity contribution is -0.676. The summed E-state index contributed by atoms with van der Waals surface area (Å²) in [7, 11) is 0. The van der Waals surface area contributed by atoms with Crippen LogP contribution in [0.2, 0.25) is 0 Å². The molecule has 27 heavy (non-hydrogen) atoms. The maximum Gasteiger partial charge on any atom is 0.276 e. The monoisotopic (exact) mass is 382 g/mol. The molecule has 1 aromatic heterocycles. The van der Waals surface area contributed by atoms with E-state index in [1.54, 1.807) is 11.3 Å². The van der Waals surface area contributed by atoms with Gasteiger partial charge in [-0.05, 0) is 49.1 Å². The lowest BCUT2D eigenvalue weighted by atomic mass is 9.99. The molecule has 5 heteroatoms. The minimum atomic E-state index is -0.648. The van der Waals surface area contributed by atoms with E-state index in [0.29, 0.717) is 6.54 Å². The minimum Gasteiger partial charge on any atom is -0.333 e. The Bertz CT molecular complexity index is 771. The third-order valence-electron chi connectivity index (χ3n) is 5.32. The van der Waals surface area contributed by atoms with Gasteiger partial charge in [0, 0.05) is 5.56 Å². The third-order valence-corrected chi connectivity index (χ3v) is 6.27. The van der Waals surface area contributed by atoms with Gasteiger partial charge in [0.05, 0.1) is 10.9 Å². The molecule has 2 aromatic rings. The standard InChI is InChI=1S/C22H27N3OS/c1-2-6-17-8-10-18(11-9-17)21(19-7-5-14-27-19)24-15-20(26)25-22(16-23)12-3-4-13-22/h5,7-11,14,21,24H,2-4,6,12-13,15H2,1H3,(H,25,26)/p+1/t21-/m0/s1. The van der Waals surface area contributed by atoms with Crippen molar-refractivity contribution in [2.75, 3.05) is 6.54 Å². The topological polar surface area (TPSA) is 69.5 Å². The highest BCUT2D eigenvalue weighted by Crippen LogP contribution is 2.28. The Balaban J connectivity index is 1.67. The number of aryl methyl sites for hydroxylation is 1. The summed E-state index contributed by atoms with van der Waals surface area (Å²) in [6, 6.07) is 15.3. The molecule has 0 spiro atoms. The van der Waals surface area contributed by atoms with E-state index in [-0.39, 0.29) is 11.9 Å². The van der Waals surface area contributed by atoms with Crippen molar-refractivity contribution in [3.63, 3.8) is 0 Å². The number of nitrogens with zero attached hydrogens (tertiary/aromatic N) is 1. The van der Waals surface area contributed by atoms with Gasteiger partial charge in [0.15, 0.2) is 6.54 Å². The second kappa shape index (κ2) is 9.16. The summed E-state index contributed by atoms with van der Waals surface area (Å²) in [5.74, 6) is -0.0531. The van der Waals surface area contributed by atoms with Crippen LogP contribution in [0.5, 0.6) is 0 Å². The van der Waals surface area contributed by atoms with Crippen molar-refractivity contribution in [2.24, 2.45) is 0 Å². The Morgan fingerprint density at radius 3 is 2.63 bits per heavy atom. The third kappa shape index (κ3) is 4.97. The molecule has 1 aromatic carbocycles. The van der Waals surface area contributed by atoms with E-state index in [9.17, 15) is 10.1 Å². The van der Waals surface area contributed by atoms with Crippen LogP contribution in [0.4, 0.5) is 0 Å². The van der Waals surface area contributed by atoms with Crippen molar-refractivity contribution in [1.29, 1.82) is 5.26 Å². The number of rotatable bonds is 8. The molecule has 1 aliphatic carbocycles. The molecule has 0 aliphatic heterocycles.